The molecule has 5 aliphatic carbocycles. The summed E-state index contributed by atoms with van der Waals surface area (Å²) in [4.78, 5) is 14.7. The van der Waals surface area contributed by atoms with Crippen LogP contribution in [0.1, 0.15) is 153 Å². The number of fused-ring (bicyclic) bond motifs is 1. The van der Waals surface area contributed by atoms with Gasteiger partial charge in [0.25, 0.3) is 0 Å². The summed E-state index contributed by atoms with van der Waals surface area (Å²) in [6.45, 7) is 12.7. The van der Waals surface area contributed by atoms with Crippen molar-refractivity contribution in [3.63, 3.8) is 0 Å². The van der Waals surface area contributed by atoms with Gasteiger partial charge in [-0.3, -0.25) is 9.97 Å². The van der Waals surface area contributed by atoms with Crippen LogP contribution in [0.4, 0.5) is 0 Å². The fourth-order valence-corrected chi connectivity index (χ4v) is 9.62. The normalized spacial score (nSPS) is 16.4. The van der Waals surface area contributed by atoms with E-state index in [-0.39, 0.29) is 0 Å². The fraction of sp³-hybridized carbons (Fsp3) is 0.396. The molecule has 0 amide bonds. The van der Waals surface area contributed by atoms with E-state index in [1.807, 2.05) is 53.3 Å². The zero-order valence-electron chi connectivity index (χ0n) is 35.5. The van der Waals surface area contributed by atoms with E-state index < -0.39 is 0 Å². The molecule has 2 nitrogen and oxygen atoms in total. The van der Waals surface area contributed by atoms with E-state index in [0.717, 1.165) is 35.3 Å². The first kappa shape index (κ1) is 42.2. The third kappa shape index (κ3) is 14.1. The van der Waals surface area contributed by atoms with Crippen molar-refractivity contribution in [2.75, 3.05) is 0 Å². The van der Waals surface area contributed by atoms with E-state index in [2.05, 4.69) is 146 Å². The highest BCUT2D eigenvalue weighted by molar-refractivity contribution is 7.12. The van der Waals surface area contributed by atoms with Crippen molar-refractivity contribution in [1.29, 1.82) is 0 Å². The lowest BCUT2D eigenvalue weighted by molar-refractivity contribution is 1.01. The molecule has 2 aromatic carbocycles. The van der Waals surface area contributed by atoms with Gasteiger partial charge >= 0.3 is 0 Å². The largest absolute Gasteiger partial charge is 0.261 e. The summed E-state index contributed by atoms with van der Waals surface area (Å²) in [5, 5.41) is 7.19. The highest BCUT2D eigenvalue weighted by Gasteiger charge is 2.26. The second-order valence-corrected chi connectivity index (χ2v) is 20.6. The summed E-state index contributed by atoms with van der Waals surface area (Å²) < 4.78 is 0. The maximum atomic E-state index is 4.34. The van der Waals surface area contributed by atoms with Crippen molar-refractivity contribution in [2.45, 2.75) is 135 Å². The lowest BCUT2D eigenvalue weighted by atomic mass is 10.1. The molecule has 0 unspecified atom stereocenters. The Hall–Kier alpha value is -3.90. The molecule has 5 aliphatic rings. The summed E-state index contributed by atoms with van der Waals surface area (Å²) in [6.07, 6.45) is 18.0. The van der Waals surface area contributed by atoms with Crippen molar-refractivity contribution in [3.05, 3.63) is 173 Å². The third-order valence-corrected chi connectivity index (χ3v) is 14.3. The first-order valence-corrected chi connectivity index (χ1v) is 24.2. The van der Waals surface area contributed by atoms with E-state index in [1.165, 1.54) is 113 Å². The van der Waals surface area contributed by atoms with Gasteiger partial charge in [-0.05, 0) is 210 Å². The summed E-state index contributed by atoms with van der Waals surface area (Å²) >= 11 is 5.75. The molecule has 12 rings (SSSR count). The SMILES string of the molecule is Cc1cc(C2CC2)cs1.Cc1ccc(C2CC2)cn1.Cc1ccc(C2CC2)nc1.Cc1ccc(C2CC2)s1.Cc1ccc2ccccc2c1.Cc1csc(C2CC2)c1. The van der Waals surface area contributed by atoms with E-state index in [9.17, 15) is 0 Å². The summed E-state index contributed by atoms with van der Waals surface area (Å²) in [6, 6.07) is 32.6. The Balaban J connectivity index is 0.000000106. The van der Waals surface area contributed by atoms with E-state index in [4.69, 9.17) is 0 Å². The second kappa shape index (κ2) is 20.4. The Morgan fingerprint density at radius 2 is 1.09 bits per heavy atom. The Labute approximate surface area is 360 Å². The minimum Gasteiger partial charge on any atom is -0.261 e. The van der Waals surface area contributed by atoms with Crippen molar-refractivity contribution in [3.8, 4) is 0 Å². The molecule has 302 valence electrons. The van der Waals surface area contributed by atoms with Gasteiger partial charge < -0.3 is 0 Å². The average Bonchev–Trinajstić information content (AvgIpc) is 4.01. The lowest BCUT2D eigenvalue weighted by Crippen LogP contribution is -1.84. The highest BCUT2D eigenvalue weighted by Crippen LogP contribution is 2.44. The fourth-order valence-electron chi connectivity index (χ4n) is 6.72. The Morgan fingerprint density at radius 1 is 0.431 bits per heavy atom. The number of benzene rings is 2. The van der Waals surface area contributed by atoms with Gasteiger partial charge in [0.1, 0.15) is 0 Å². The Morgan fingerprint density at radius 3 is 1.62 bits per heavy atom. The van der Waals surface area contributed by atoms with Crippen molar-refractivity contribution < 1.29 is 0 Å². The number of nitrogens with zero attached hydrogens (tertiary/aromatic N) is 2. The van der Waals surface area contributed by atoms with E-state index >= 15 is 0 Å². The number of aromatic nitrogens is 2. The van der Waals surface area contributed by atoms with Gasteiger partial charge in [-0.2, -0.15) is 0 Å². The van der Waals surface area contributed by atoms with Crippen LogP contribution in [0.3, 0.4) is 0 Å². The summed E-state index contributed by atoms with van der Waals surface area (Å²) in [5.41, 5.74) is 9.41. The predicted molar refractivity (Wildman–Crippen MR) is 254 cm³/mol. The molecule has 0 saturated heterocycles. The van der Waals surface area contributed by atoms with Gasteiger partial charge in [-0.1, -0.05) is 60.2 Å². The van der Waals surface area contributed by atoms with Crippen LogP contribution in [0.5, 0.6) is 0 Å². The number of hydrogen-bond acceptors (Lipinski definition) is 5. The molecule has 0 N–H and O–H groups in total. The molecule has 5 fully saturated rings. The maximum Gasteiger partial charge on any atom is 0.0434 e. The standard InChI is InChI=1S/C11H10.2C9H11N.3C8H10S/c1-9-6-7-10-4-2-3-5-11(10)8-9;1-7-2-5-9(10-6-7)8-3-4-8;1-7-2-3-9(6-10-7)8-4-5-8;1-6-2-5-8(9-6)7-3-4-7;1-6-4-8(5-9-6)7-2-3-7;1-6-4-8(9-5-6)7-2-3-7/h2-8H,1H3;2,5-6,8H,3-4H2,1H3;2-3,6,8H,4-5H2,1H3;2,5,7H,3-4H2,1H3;2*4-5,7H,2-3H2,1H3. The van der Waals surface area contributed by atoms with Gasteiger partial charge in [-0.15, -0.1) is 34.0 Å². The molecule has 5 heteroatoms. The van der Waals surface area contributed by atoms with Crippen LogP contribution in [0.25, 0.3) is 10.8 Å². The number of aryl methyl sites for hydroxylation is 6. The average molecular weight is 823 g/mol. The van der Waals surface area contributed by atoms with Gasteiger partial charge in [0, 0.05) is 49.2 Å². The molecular weight excluding hydrogens is 761 g/mol. The minimum absolute atomic E-state index is 0.792. The molecule has 5 heterocycles. The highest BCUT2D eigenvalue weighted by atomic mass is 32.1. The van der Waals surface area contributed by atoms with E-state index in [1.54, 1.807) is 15.3 Å². The van der Waals surface area contributed by atoms with Crippen LogP contribution in [0.2, 0.25) is 0 Å². The van der Waals surface area contributed by atoms with Crippen LogP contribution in [-0.2, 0) is 0 Å². The zero-order valence-corrected chi connectivity index (χ0v) is 38.0. The number of thiophene rings is 3. The Kier molecular flexibility index (Phi) is 14.8. The topological polar surface area (TPSA) is 25.8 Å². The van der Waals surface area contributed by atoms with Gasteiger partial charge in [-0.25, -0.2) is 0 Å². The zero-order chi connectivity index (χ0) is 40.4. The van der Waals surface area contributed by atoms with Crippen LogP contribution in [0, 0.1) is 41.5 Å². The van der Waals surface area contributed by atoms with Gasteiger partial charge in [0.05, 0.1) is 0 Å². The molecule has 0 bridgehead atoms. The quantitative estimate of drug-likeness (QED) is 0.173. The van der Waals surface area contributed by atoms with Crippen molar-refractivity contribution >= 4 is 44.8 Å². The van der Waals surface area contributed by atoms with Gasteiger partial charge in [0.2, 0.25) is 0 Å². The molecule has 5 saturated carbocycles. The molecule has 5 aromatic heterocycles. The minimum atomic E-state index is 0.792. The molecular formula is C53H62N2S3. The number of hydrogen-bond donors (Lipinski definition) is 0. The summed E-state index contributed by atoms with van der Waals surface area (Å²) in [7, 11) is 0. The van der Waals surface area contributed by atoms with Crippen molar-refractivity contribution in [1.82, 2.24) is 9.97 Å². The molecule has 0 aliphatic heterocycles. The molecule has 7 aromatic rings. The van der Waals surface area contributed by atoms with Crippen molar-refractivity contribution in [2.24, 2.45) is 0 Å². The first-order valence-electron chi connectivity index (χ1n) is 21.6. The van der Waals surface area contributed by atoms with Crippen LogP contribution in [0.15, 0.2) is 114 Å². The number of rotatable bonds is 5. The molecule has 0 spiro atoms. The van der Waals surface area contributed by atoms with E-state index in [0.29, 0.717) is 0 Å². The lowest BCUT2D eigenvalue weighted by Gasteiger charge is -1.96. The molecule has 0 atom stereocenters. The monoisotopic (exact) mass is 822 g/mol. The summed E-state index contributed by atoms with van der Waals surface area (Å²) in [5.74, 6) is 4.47. The third-order valence-electron chi connectivity index (χ3n) is 11.1. The Bertz CT molecular complexity index is 2120. The predicted octanol–water partition coefficient (Wildman–Crippen LogP) is 16.5. The first-order chi connectivity index (χ1) is 28.2. The van der Waals surface area contributed by atoms with Crippen LogP contribution in [-0.4, -0.2) is 9.97 Å². The number of pyridine rings is 2. The smallest absolute Gasteiger partial charge is 0.0434 e. The maximum absolute atomic E-state index is 4.34. The molecule has 58 heavy (non-hydrogen) atoms. The van der Waals surface area contributed by atoms with Crippen LogP contribution < -0.4 is 0 Å². The van der Waals surface area contributed by atoms with Crippen LogP contribution >= 0.6 is 34.0 Å². The van der Waals surface area contributed by atoms with Gasteiger partial charge in [0.15, 0.2) is 0 Å². The molecule has 0 radical (unpaired) electrons. The second-order valence-electron chi connectivity index (χ2n) is 17.2.